The molecule has 0 aliphatic rings. The van der Waals surface area contributed by atoms with Crippen LogP contribution in [0.15, 0.2) is 60.7 Å². The van der Waals surface area contributed by atoms with E-state index in [0.29, 0.717) is 5.56 Å². The Bertz CT molecular complexity index is 647. The smallest absolute Gasteiger partial charge is 0.294 e. The summed E-state index contributed by atoms with van der Waals surface area (Å²) >= 11 is 0. The van der Waals surface area contributed by atoms with Crippen LogP contribution in [0.1, 0.15) is 27.1 Å². The zero-order valence-electron chi connectivity index (χ0n) is 11.2. The summed E-state index contributed by atoms with van der Waals surface area (Å²) in [5.74, 6) is -4.01. The van der Waals surface area contributed by atoms with Crippen molar-refractivity contribution in [3.8, 4) is 0 Å². The number of Topliss-reactive ketones (excluding diaryl/α,β-unsaturated/α-hetero) is 2. The van der Waals surface area contributed by atoms with Gasteiger partial charge in [-0.25, -0.2) is 9.90 Å². The molecule has 0 heterocycles. The predicted molar refractivity (Wildman–Crippen MR) is 75.3 cm³/mol. The standard InChI is InChI=1S/C17H13O4/c18-15(12-7-3-1-4-8-12)11-14(17(20)21)16(19)13-9-5-2-6-10-13/h1-10,14H,11H2. The Morgan fingerprint density at radius 1 is 0.762 bits per heavy atom. The van der Waals surface area contributed by atoms with Crippen molar-refractivity contribution in [2.24, 2.45) is 5.92 Å². The van der Waals surface area contributed by atoms with Crippen LogP contribution >= 0.6 is 0 Å². The van der Waals surface area contributed by atoms with Crippen LogP contribution in [0.5, 0.6) is 0 Å². The molecule has 2 aromatic carbocycles. The van der Waals surface area contributed by atoms with Gasteiger partial charge in [-0.15, -0.1) is 0 Å². The summed E-state index contributed by atoms with van der Waals surface area (Å²) in [4.78, 5) is 35.4. The van der Waals surface area contributed by atoms with E-state index in [1.165, 1.54) is 12.1 Å². The summed E-state index contributed by atoms with van der Waals surface area (Å²) in [6.07, 6.45) is -0.403. The van der Waals surface area contributed by atoms with Crippen molar-refractivity contribution in [2.75, 3.05) is 0 Å². The lowest BCUT2D eigenvalue weighted by atomic mass is 9.91. The van der Waals surface area contributed by atoms with E-state index in [4.69, 9.17) is 0 Å². The number of carbonyl (C=O) groups is 3. The van der Waals surface area contributed by atoms with E-state index >= 15 is 0 Å². The Labute approximate surface area is 122 Å². The number of carbonyl (C=O) groups excluding carboxylic acids is 3. The van der Waals surface area contributed by atoms with Crippen LogP contribution in [0, 0.1) is 5.92 Å². The summed E-state index contributed by atoms with van der Waals surface area (Å²) in [6, 6.07) is 16.3. The molecule has 0 saturated carbocycles. The Morgan fingerprint density at radius 3 is 1.71 bits per heavy atom. The minimum absolute atomic E-state index is 0.257. The third-order valence-corrected chi connectivity index (χ3v) is 3.14. The zero-order chi connectivity index (χ0) is 15.2. The maximum atomic E-state index is 12.2. The second-order valence-electron chi connectivity index (χ2n) is 4.60. The molecule has 0 aliphatic heterocycles. The average molecular weight is 281 g/mol. The maximum absolute atomic E-state index is 12.2. The molecule has 0 spiro atoms. The lowest BCUT2D eigenvalue weighted by Crippen LogP contribution is -2.26. The van der Waals surface area contributed by atoms with Gasteiger partial charge in [-0.05, 0) is 0 Å². The van der Waals surface area contributed by atoms with Gasteiger partial charge in [0.2, 0.25) is 0 Å². The van der Waals surface area contributed by atoms with E-state index in [9.17, 15) is 19.5 Å². The predicted octanol–water partition coefficient (Wildman–Crippen LogP) is 2.72. The average Bonchev–Trinajstić information content (AvgIpc) is 2.53. The van der Waals surface area contributed by atoms with E-state index in [0.717, 1.165) is 0 Å². The highest BCUT2D eigenvalue weighted by molar-refractivity contribution is 6.11. The van der Waals surface area contributed by atoms with Gasteiger partial charge >= 0.3 is 5.97 Å². The highest BCUT2D eigenvalue weighted by atomic mass is 16.4. The Balaban J connectivity index is 2.19. The highest BCUT2D eigenvalue weighted by Gasteiger charge is 2.31. The number of ketones is 2. The summed E-state index contributed by atoms with van der Waals surface area (Å²) in [5.41, 5.74) is 0.636. The molecule has 0 aliphatic carbocycles. The Morgan fingerprint density at radius 2 is 1.24 bits per heavy atom. The Hall–Kier alpha value is -2.75. The molecular weight excluding hydrogens is 268 g/mol. The molecule has 1 atom stereocenters. The van der Waals surface area contributed by atoms with Crippen LogP contribution in [0.3, 0.4) is 0 Å². The number of hydrogen-bond acceptors (Lipinski definition) is 3. The van der Waals surface area contributed by atoms with Gasteiger partial charge in [0.15, 0.2) is 11.6 Å². The van der Waals surface area contributed by atoms with Crippen LogP contribution in [0.2, 0.25) is 0 Å². The number of hydrogen-bond donors (Lipinski definition) is 0. The van der Waals surface area contributed by atoms with Crippen molar-refractivity contribution in [1.82, 2.24) is 0 Å². The molecule has 105 valence electrons. The van der Waals surface area contributed by atoms with Crippen molar-refractivity contribution in [3.63, 3.8) is 0 Å². The zero-order valence-corrected chi connectivity index (χ0v) is 11.2. The fourth-order valence-corrected chi connectivity index (χ4v) is 2.01. The quantitative estimate of drug-likeness (QED) is 0.603. The van der Waals surface area contributed by atoms with E-state index in [-0.39, 0.29) is 5.56 Å². The first-order valence-corrected chi connectivity index (χ1v) is 6.48. The summed E-state index contributed by atoms with van der Waals surface area (Å²) in [6.45, 7) is 0. The Kier molecular flexibility index (Phi) is 4.61. The molecule has 0 N–H and O–H groups in total. The van der Waals surface area contributed by atoms with Crippen LogP contribution in [0.4, 0.5) is 0 Å². The van der Waals surface area contributed by atoms with Gasteiger partial charge in [-0.2, -0.15) is 0 Å². The second kappa shape index (κ2) is 6.61. The van der Waals surface area contributed by atoms with Crippen molar-refractivity contribution in [3.05, 3.63) is 71.8 Å². The fourth-order valence-electron chi connectivity index (χ4n) is 2.01. The summed E-state index contributed by atoms with van der Waals surface area (Å²) in [5, 5.41) is 11.2. The third kappa shape index (κ3) is 3.63. The molecule has 2 aromatic rings. The molecule has 1 unspecified atom stereocenters. The molecule has 0 aromatic heterocycles. The van der Waals surface area contributed by atoms with E-state index < -0.39 is 29.9 Å². The van der Waals surface area contributed by atoms with Crippen LogP contribution in [-0.2, 0) is 9.90 Å². The first-order valence-electron chi connectivity index (χ1n) is 6.48. The van der Waals surface area contributed by atoms with Gasteiger partial charge in [0.25, 0.3) is 0 Å². The van der Waals surface area contributed by atoms with Gasteiger partial charge in [0, 0.05) is 17.5 Å². The minimum atomic E-state index is -1.53. The highest BCUT2D eigenvalue weighted by Crippen LogP contribution is 2.16. The van der Waals surface area contributed by atoms with Crippen molar-refractivity contribution in [1.29, 1.82) is 0 Å². The third-order valence-electron chi connectivity index (χ3n) is 3.14. The molecule has 0 amide bonds. The van der Waals surface area contributed by atoms with E-state index in [1.54, 1.807) is 48.5 Å². The lowest BCUT2D eigenvalue weighted by Gasteiger charge is -2.09. The van der Waals surface area contributed by atoms with E-state index in [2.05, 4.69) is 0 Å². The van der Waals surface area contributed by atoms with Gasteiger partial charge in [-0.1, -0.05) is 60.7 Å². The van der Waals surface area contributed by atoms with Crippen LogP contribution in [-0.4, -0.2) is 17.5 Å². The molecule has 0 bridgehead atoms. The molecule has 0 fully saturated rings. The van der Waals surface area contributed by atoms with E-state index in [1.807, 2.05) is 0 Å². The first-order chi connectivity index (χ1) is 10.1. The molecule has 0 saturated heterocycles. The molecule has 1 radical (unpaired) electrons. The lowest BCUT2D eigenvalue weighted by molar-refractivity contribution is -0.146. The van der Waals surface area contributed by atoms with Gasteiger partial charge in [0.1, 0.15) is 5.92 Å². The normalized spacial score (nSPS) is 11.6. The monoisotopic (exact) mass is 281 g/mol. The topological polar surface area (TPSA) is 71.1 Å². The van der Waals surface area contributed by atoms with Gasteiger partial charge in [-0.3, -0.25) is 9.59 Å². The second-order valence-corrected chi connectivity index (χ2v) is 4.60. The van der Waals surface area contributed by atoms with Crippen LogP contribution < -0.4 is 0 Å². The molecular formula is C17H13O4. The SMILES string of the molecule is [O]C(=O)C(CC(=O)c1ccccc1)C(=O)c1ccccc1. The van der Waals surface area contributed by atoms with Crippen molar-refractivity contribution >= 4 is 17.5 Å². The van der Waals surface area contributed by atoms with Crippen molar-refractivity contribution in [2.45, 2.75) is 6.42 Å². The summed E-state index contributed by atoms with van der Waals surface area (Å²) < 4.78 is 0. The minimum Gasteiger partial charge on any atom is -0.294 e. The number of rotatable bonds is 6. The molecule has 4 heteroatoms. The van der Waals surface area contributed by atoms with Gasteiger partial charge < -0.3 is 0 Å². The fraction of sp³-hybridized carbons (Fsp3) is 0.118. The molecule has 2 rings (SSSR count). The molecule has 4 nitrogen and oxygen atoms in total. The van der Waals surface area contributed by atoms with Gasteiger partial charge in [0.05, 0.1) is 0 Å². The largest absolute Gasteiger partial charge is 0.366 e. The number of benzene rings is 2. The maximum Gasteiger partial charge on any atom is 0.366 e. The summed E-state index contributed by atoms with van der Waals surface area (Å²) in [7, 11) is 0. The van der Waals surface area contributed by atoms with Crippen molar-refractivity contribution < 1.29 is 19.5 Å². The van der Waals surface area contributed by atoms with Crippen LogP contribution in [0.25, 0.3) is 0 Å². The first kappa shape index (κ1) is 14.7. The molecule has 21 heavy (non-hydrogen) atoms.